The fraction of sp³-hybridized carbons (Fsp3) is 0.529. The zero-order valence-corrected chi connectivity index (χ0v) is 14.3. The van der Waals surface area contributed by atoms with Crippen molar-refractivity contribution in [1.29, 1.82) is 0 Å². The SMILES string of the molecule is CC(Sc1ccccc1C(=O)N(C)CC1CCCOC1)C(=O)O. The number of carboxylic acid groups (broad SMARTS) is 1. The van der Waals surface area contributed by atoms with Crippen molar-refractivity contribution < 1.29 is 19.4 Å². The van der Waals surface area contributed by atoms with Crippen LogP contribution in [0, 0.1) is 5.92 Å². The number of hydrogen-bond acceptors (Lipinski definition) is 4. The van der Waals surface area contributed by atoms with Crippen molar-refractivity contribution in [3.63, 3.8) is 0 Å². The molecule has 1 N–H and O–H groups in total. The predicted octanol–water partition coefficient (Wildman–Crippen LogP) is 2.75. The van der Waals surface area contributed by atoms with Crippen LogP contribution in [-0.2, 0) is 9.53 Å². The highest BCUT2D eigenvalue weighted by Gasteiger charge is 2.22. The van der Waals surface area contributed by atoms with Gasteiger partial charge in [-0.15, -0.1) is 11.8 Å². The number of rotatable bonds is 6. The van der Waals surface area contributed by atoms with Gasteiger partial charge in [0.15, 0.2) is 0 Å². The maximum absolute atomic E-state index is 12.7. The number of hydrogen-bond donors (Lipinski definition) is 1. The lowest BCUT2D eigenvalue weighted by atomic mass is 10.0. The van der Waals surface area contributed by atoms with Crippen LogP contribution in [0.2, 0.25) is 0 Å². The van der Waals surface area contributed by atoms with Crippen LogP contribution in [0.4, 0.5) is 0 Å². The first kappa shape index (κ1) is 17.8. The standard InChI is InChI=1S/C17H23NO4S/c1-12(17(20)21)23-15-8-4-3-7-14(15)16(19)18(2)10-13-6-5-9-22-11-13/h3-4,7-8,12-13H,5-6,9-11H2,1-2H3,(H,20,21). The topological polar surface area (TPSA) is 66.8 Å². The summed E-state index contributed by atoms with van der Waals surface area (Å²) in [6.45, 7) is 3.79. The van der Waals surface area contributed by atoms with Crippen molar-refractivity contribution in [2.75, 3.05) is 26.8 Å². The van der Waals surface area contributed by atoms with E-state index in [4.69, 9.17) is 9.84 Å². The third kappa shape index (κ3) is 4.97. The lowest BCUT2D eigenvalue weighted by Crippen LogP contribution is -2.35. The molecule has 0 aromatic heterocycles. The molecule has 1 fully saturated rings. The third-order valence-corrected chi connectivity index (χ3v) is 5.07. The fourth-order valence-corrected chi connectivity index (χ4v) is 3.54. The summed E-state index contributed by atoms with van der Waals surface area (Å²) in [6, 6.07) is 7.19. The molecular weight excluding hydrogens is 314 g/mol. The van der Waals surface area contributed by atoms with E-state index in [2.05, 4.69) is 0 Å². The smallest absolute Gasteiger partial charge is 0.316 e. The minimum atomic E-state index is -0.884. The van der Waals surface area contributed by atoms with Crippen molar-refractivity contribution in [3.8, 4) is 0 Å². The van der Waals surface area contributed by atoms with E-state index in [1.165, 1.54) is 11.8 Å². The summed E-state index contributed by atoms with van der Waals surface area (Å²) in [5.74, 6) is -0.586. The van der Waals surface area contributed by atoms with Crippen LogP contribution >= 0.6 is 11.8 Å². The average Bonchev–Trinajstić information content (AvgIpc) is 2.55. The van der Waals surface area contributed by atoms with Gasteiger partial charge in [0, 0.05) is 25.1 Å². The van der Waals surface area contributed by atoms with E-state index in [-0.39, 0.29) is 5.91 Å². The Kier molecular flexibility index (Phi) is 6.47. The van der Waals surface area contributed by atoms with Crippen LogP contribution in [-0.4, -0.2) is 53.9 Å². The number of ether oxygens (including phenoxy) is 1. The summed E-state index contributed by atoms with van der Waals surface area (Å²) in [7, 11) is 1.79. The Morgan fingerprint density at radius 3 is 2.83 bits per heavy atom. The quantitative estimate of drug-likeness (QED) is 0.809. The molecule has 1 heterocycles. The number of nitrogens with zero attached hydrogens (tertiary/aromatic N) is 1. The van der Waals surface area contributed by atoms with Gasteiger partial charge in [0.2, 0.25) is 0 Å². The Labute approximate surface area is 141 Å². The maximum atomic E-state index is 12.7. The molecule has 1 aromatic rings. The molecular formula is C17H23NO4S. The molecule has 1 aliphatic rings. The molecule has 2 atom stereocenters. The molecule has 0 spiro atoms. The van der Waals surface area contributed by atoms with E-state index < -0.39 is 11.2 Å². The summed E-state index contributed by atoms with van der Waals surface area (Å²) >= 11 is 1.20. The lowest BCUT2D eigenvalue weighted by molar-refractivity contribution is -0.136. The van der Waals surface area contributed by atoms with Gasteiger partial charge in [-0.1, -0.05) is 12.1 Å². The lowest BCUT2D eigenvalue weighted by Gasteiger charge is -2.27. The Balaban J connectivity index is 2.07. The van der Waals surface area contributed by atoms with E-state index in [0.29, 0.717) is 29.5 Å². The van der Waals surface area contributed by atoms with Gasteiger partial charge < -0.3 is 14.7 Å². The van der Waals surface area contributed by atoms with Gasteiger partial charge >= 0.3 is 5.97 Å². The first-order chi connectivity index (χ1) is 11.0. The highest BCUT2D eigenvalue weighted by atomic mass is 32.2. The molecule has 1 saturated heterocycles. The van der Waals surface area contributed by atoms with Crippen LogP contribution in [0.1, 0.15) is 30.1 Å². The summed E-state index contributed by atoms with van der Waals surface area (Å²) < 4.78 is 5.46. The molecule has 0 saturated carbocycles. The Morgan fingerprint density at radius 2 is 2.17 bits per heavy atom. The molecule has 2 unspecified atom stereocenters. The van der Waals surface area contributed by atoms with Crippen molar-refractivity contribution in [2.45, 2.75) is 29.9 Å². The average molecular weight is 337 g/mol. The maximum Gasteiger partial charge on any atom is 0.316 e. The number of aliphatic carboxylic acids is 1. The number of carboxylic acids is 1. The van der Waals surface area contributed by atoms with Crippen molar-refractivity contribution >= 4 is 23.6 Å². The predicted molar refractivity (Wildman–Crippen MR) is 89.9 cm³/mol. The van der Waals surface area contributed by atoms with Crippen molar-refractivity contribution in [2.24, 2.45) is 5.92 Å². The van der Waals surface area contributed by atoms with Crippen molar-refractivity contribution in [3.05, 3.63) is 29.8 Å². The second-order valence-corrected chi connectivity index (χ2v) is 7.25. The normalized spacial score (nSPS) is 19.1. The summed E-state index contributed by atoms with van der Waals surface area (Å²) in [5.41, 5.74) is 0.560. The highest BCUT2D eigenvalue weighted by molar-refractivity contribution is 8.00. The fourth-order valence-electron chi connectivity index (χ4n) is 2.61. The molecule has 0 aliphatic carbocycles. The zero-order chi connectivity index (χ0) is 16.8. The van der Waals surface area contributed by atoms with Gasteiger partial charge in [0.25, 0.3) is 5.91 Å². The first-order valence-electron chi connectivity index (χ1n) is 7.80. The zero-order valence-electron chi connectivity index (χ0n) is 13.5. The largest absolute Gasteiger partial charge is 0.480 e. The van der Waals surface area contributed by atoms with Gasteiger partial charge in [0.1, 0.15) is 5.25 Å². The monoisotopic (exact) mass is 337 g/mol. The van der Waals surface area contributed by atoms with Crippen LogP contribution in [0.25, 0.3) is 0 Å². The summed E-state index contributed by atoms with van der Waals surface area (Å²) in [6.07, 6.45) is 2.11. The molecule has 5 nitrogen and oxygen atoms in total. The third-order valence-electron chi connectivity index (χ3n) is 3.90. The minimum absolute atomic E-state index is 0.0729. The molecule has 1 aliphatic heterocycles. The van der Waals surface area contributed by atoms with Gasteiger partial charge in [-0.3, -0.25) is 9.59 Å². The van der Waals surface area contributed by atoms with Crippen LogP contribution in [0.3, 0.4) is 0 Å². The summed E-state index contributed by atoms with van der Waals surface area (Å²) in [5, 5.41) is 8.47. The minimum Gasteiger partial charge on any atom is -0.480 e. The van der Waals surface area contributed by atoms with Gasteiger partial charge in [-0.25, -0.2) is 0 Å². The Hall–Kier alpha value is -1.53. The summed E-state index contributed by atoms with van der Waals surface area (Å²) in [4.78, 5) is 26.2. The van der Waals surface area contributed by atoms with Crippen LogP contribution < -0.4 is 0 Å². The van der Waals surface area contributed by atoms with Crippen LogP contribution in [0.5, 0.6) is 0 Å². The highest BCUT2D eigenvalue weighted by Crippen LogP contribution is 2.28. The van der Waals surface area contributed by atoms with E-state index in [1.807, 2.05) is 6.07 Å². The second-order valence-electron chi connectivity index (χ2n) is 5.86. The Morgan fingerprint density at radius 1 is 1.43 bits per heavy atom. The number of thioether (sulfide) groups is 1. The molecule has 1 aromatic carbocycles. The molecule has 126 valence electrons. The number of benzene rings is 1. The molecule has 0 bridgehead atoms. The van der Waals surface area contributed by atoms with Gasteiger partial charge in [-0.05, 0) is 37.8 Å². The van der Waals surface area contributed by atoms with Gasteiger partial charge in [0.05, 0.1) is 12.2 Å². The van der Waals surface area contributed by atoms with E-state index in [1.54, 1.807) is 37.1 Å². The molecule has 1 amide bonds. The molecule has 2 rings (SSSR count). The Bertz CT molecular complexity index is 557. The van der Waals surface area contributed by atoms with Crippen molar-refractivity contribution in [1.82, 2.24) is 4.90 Å². The number of carbonyl (C=O) groups excluding carboxylic acids is 1. The number of amides is 1. The molecule has 6 heteroatoms. The first-order valence-corrected chi connectivity index (χ1v) is 8.68. The van der Waals surface area contributed by atoms with E-state index >= 15 is 0 Å². The molecule has 23 heavy (non-hydrogen) atoms. The second kappa shape index (κ2) is 8.36. The van der Waals surface area contributed by atoms with Gasteiger partial charge in [-0.2, -0.15) is 0 Å². The van der Waals surface area contributed by atoms with E-state index in [9.17, 15) is 9.59 Å². The molecule has 0 radical (unpaired) electrons. The van der Waals surface area contributed by atoms with Crippen LogP contribution in [0.15, 0.2) is 29.2 Å². The van der Waals surface area contributed by atoms with E-state index in [0.717, 1.165) is 19.4 Å². The number of carbonyl (C=O) groups is 2.